The summed E-state index contributed by atoms with van der Waals surface area (Å²) in [5, 5.41) is 11.5. The van der Waals surface area contributed by atoms with Crippen molar-refractivity contribution in [1.82, 2.24) is 5.32 Å². The van der Waals surface area contributed by atoms with Crippen LogP contribution >= 0.6 is 23.2 Å². The molecule has 0 fully saturated rings. The molecule has 8 heteroatoms. The highest BCUT2D eigenvalue weighted by atomic mass is 35.5. The number of halogens is 2. The lowest BCUT2D eigenvalue weighted by atomic mass is 9.98. The minimum atomic E-state index is -0.365. The molecule has 2 rings (SSSR count). The molecule has 0 saturated carbocycles. The van der Waals surface area contributed by atoms with E-state index in [0.717, 1.165) is 11.1 Å². The lowest BCUT2D eigenvalue weighted by molar-refractivity contribution is -0.114. The van der Waals surface area contributed by atoms with Crippen LogP contribution in [0.1, 0.15) is 29.2 Å². The highest BCUT2D eigenvalue weighted by Crippen LogP contribution is 2.25. The summed E-state index contributed by atoms with van der Waals surface area (Å²) in [6.07, 6.45) is 0. The maximum absolute atomic E-state index is 12.2. The van der Waals surface area contributed by atoms with Gasteiger partial charge in [-0.15, -0.1) is 0 Å². The smallest absolute Gasteiger partial charge is 0.273 e. The van der Waals surface area contributed by atoms with E-state index in [9.17, 15) is 4.79 Å². The van der Waals surface area contributed by atoms with Gasteiger partial charge in [0.1, 0.15) is 13.7 Å². The second-order valence-corrected chi connectivity index (χ2v) is 6.66. The van der Waals surface area contributed by atoms with Crippen molar-refractivity contribution in [3.8, 4) is 0 Å². The molecule has 6 nitrogen and oxygen atoms in total. The molecule has 0 spiro atoms. The van der Waals surface area contributed by atoms with E-state index in [-0.39, 0.29) is 18.2 Å². The zero-order valence-corrected chi connectivity index (χ0v) is 17.6. The minimum absolute atomic E-state index is 0.126. The number of rotatable bonds is 7. The van der Waals surface area contributed by atoms with Crippen LogP contribution in [0.5, 0.6) is 0 Å². The van der Waals surface area contributed by atoms with Gasteiger partial charge in [-0.1, -0.05) is 57.8 Å². The first kappa shape index (κ1) is 21.7. The Morgan fingerprint density at radius 1 is 1.11 bits per heavy atom. The number of carbonyl (C=O) groups excluding carboxylic acids is 1. The van der Waals surface area contributed by atoms with E-state index in [4.69, 9.17) is 32.9 Å². The van der Waals surface area contributed by atoms with Crippen LogP contribution in [0.25, 0.3) is 0 Å². The number of hydrogen-bond donors (Lipinski definition) is 1. The fraction of sp³-hybridized carbons (Fsp3) is 0.250. The number of aryl methyl sites for hydroxylation is 1. The molecule has 0 aliphatic heterocycles. The number of nitrogens with zero attached hydrogens (tertiary/aromatic N) is 2. The summed E-state index contributed by atoms with van der Waals surface area (Å²) >= 11 is 12.4. The summed E-state index contributed by atoms with van der Waals surface area (Å²) in [4.78, 5) is 22.6. The lowest BCUT2D eigenvalue weighted by Crippen LogP contribution is -2.29. The quantitative estimate of drug-likeness (QED) is 0.533. The van der Waals surface area contributed by atoms with Gasteiger partial charge in [-0.05, 0) is 31.5 Å². The summed E-state index contributed by atoms with van der Waals surface area (Å²) in [7, 11) is 2.91. The van der Waals surface area contributed by atoms with Gasteiger partial charge in [-0.2, -0.15) is 0 Å². The first-order valence-electron chi connectivity index (χ1n) is 8.43. The van der Waals surface area contributed by atoms with E-state index < -0.39 is 0 Å². The Kier molecular flexibility index (Phi) is 7.84. The maximum atomic E-state index is 12.2. The number of hydrogen-bond acceptors (Lipinski definition) is 5. The van der Waals surface area contributed by atoms with Crippen LogP contribution < -0.4 is 5.32 Å². The molecule has 0 unspecified atom stereocenters. The molecule has 148 valence electrons. The molecule has 0 aliphatic carbocycles. The van der Waals surface area contributed by atoms with Gasteiger partial charge >= 0.3 is 0 Å². The zero-order chi connectivity index (χ0) is 20.7. The molecule has 0 aromatic heterocycles. The number of oxime groups is 2. The topological polar surface area (TPSA) is 72.3 Å². The standard InChI is InChI=1S/C20H21Cl2N3O3/c1-12-7-5-8-14(19(25-27-4)20(26)23-3)15(12)11-28-24-13(2)18-16(21)9-6-10-17(18)22/h5-10H,11H2,1-4H3,(H,23,26)/b24-13+,25-19+. The fourth-order valence-corrected chi connectivity index (χ4v) is 3.29. The van der Waals surface area contributed by atoms with Gasteiger partial charge in [-0.3, -0.25) is 4.79 Å². The normalized spacial score (nSPS) is 11.9. The molecule has 28 heavy (non-hydrogen) atoms. The molecule has 1 amide bonds. The molecule has 0 atom stereocenters. The number of amides is 1. The summed E-state index contributed by atoms with van der Waals surface area (Å²) < 4.78 is 0. The molecule has 1 N–H and O–H groups in total. The van der Waals surface area contributed by atoms with E-state index in [1.807, 2.05) is 19.1 Å². The minimum Gasteiger partial charge on any atom is -0.398 e. The Labute approximate surface area is 174 Å². The van der Waals surface area contributed by atoms with Gasteiger partial charge in [-0.25, -0.2) is 0 Å². The van der Waals surface area contributed by atoms with Crippen molar-refractivity contribution in [2.45, 2.75) is 20.5 Å². The maximum Gasteiger partial charge on any atom is 0.273 e. The number of likely N-dealkylation sites (N-methyl/N-ethyl adjacent to an activating group) is 1. The van der Waals surface area contributed by atoms with Crippen LogP contribution in [-0.4, -0.2) is 31.5 Å². The third-order valence-corrected chi connectivity index (χ3v) is 4.65. The second kappa shape index (κ2) is 10.1. The second-order valence-electron chi connectivity index (χ2n) is 5.85. The van der Waals surface area contributed by atoms with Crippen LogP contribution in [-0.2, 0) is 21.1 Å². The molecule has 0 saturated heterocycles. The highest BCUT2D eigenvalue weighted by molar-refractivity contribution is 6.45. The largest absolute Gasteiger partial charge is 0.398 e. The van der Waals surface area contributed by atoms with Crippen molar-refractivity contribution in [3.05, 3.63) is 68.7 Å². The molecular formula is C20H21Cl2N3O3. The Bertz CT molecular complexity index is 907. The zero-order valence-electron chi connectivity index (χ0n) is 16.0. The fourth-order valence-electron chi connectivity index (χ4n) is 2.62. The van der Waals surface area contributed by atoms with Crippen LogP contribution in [0.3, 0.4) is 0 Å². The summed E-state index contributed by atoms with van der Waals surface area (Å²) in [6.45, 7) is 3.80. The van der Waals surface area contributed by atoms with Gasteiger partial charge in [0.25, 0.3) is 5.91 Å². The Morgan fingerprint density at radius 3 is 2.36 bits per heavy atom. The Morgan fingerprint density at radius 2 is 1.75 bits per heavy atom. The van der Waals surface area contributed by atoms with Gasteiger partial charge in [0.15, 0.2) is 5.71 Å². The van der Waals surface area contributed by atoms with E-state index in [1.54, 1.807) is 31.2 Å². The van der Waals surface area contributed by atoms with Crippen molar-refractivity contribution in [1.29, 1.82) is 0 Å². The molecule has 0 radical (unpaired) electrons. The summed E-state index contributed by atoms with van der Waals surface area (Å²) in [6, 6.07) is 10.8. The summed E-state index contributed by atoms with van der Waals surface area (Å²) in [5.41, 5.74) is 3.61. The van der Waals surface area contributed by atoms with Gasteiger partial charge in [0.05, 0.1) is 15.8 Å². The van der Waals surface area contributed by atoms with Crippen molar-refractivity contribution in [2.75, 3.05) is 14.2 Å². The van der Waals surface area contributed by atoms with E-state index in [0.29, 0.717) is 26.9 Å². The van der Waals surface area contributed by atoms with Crippen LogP contribution in [0.4, 0.5) is 0 Å². The highest BCUT2D eigenvalue weighted by Gasteiger charge is 2.19. The van der Waals surface area contributed by atoms with Gasteiger partial charge in [0, 0.05) is 23.7 Å². The predicted octanol–water partition coefficient (Wildman–Crippen LogP) is 4.34. The average molecular weight is 422 g/mol. The molecule has 0 aliphatic rings. The van der Waals surface area contributed by atoms with Crippen molar-refractivity contribution in [3.63, 3.8) is 0 Å². The third-order valence-electron chi connectivity index (χ3n) is 4.03. The van der Waals surface area contributed by atoms with Crippen LogP contribution in [0.2, 0.25) is 10.0 Å². The Hall–Kier alpha value is -2.57. The SMILES string of the molecule is CNC(=O)/C(=N/OC)c1cccc(C)c1CO/N=C(\C)c1c(Cl)cccc1Cl. The van der Waals surface area contributed by atoms with Crippen molar-refractivity contribution >= 4 is 40.5 Å². The number of benzene rings is 2. The first-order chi connectivity index (χ1) is 13.4. The number of carbonyl (C=O) groups is 1. The molecule has 0 bridgehead atoms. The first-order valence-corrected chi connectivity index (χ1v) is 9.19. The van der Waals surface area contributed by atoms with E-state index in [2.05, 4.69) is 15.6 Å². The monoisotopic (exact) mass is 421 g/mol. The average Bonchev–Trinajstić information content (AvgIpc) is 2.66. The molecule has 2 aromatic rings. The van der Waals surface area contributed by atoms with Gasteiger partial charge < -0.3 is 15.0 Å². The lowest BCUT2D eigenvalue weighted by Gasteiger charge is -2.13. The third kappa shape index (κ3) is 5.03. The summed E-state index contributed by atoms with van der Waals surface area (Å²) in [5.74, 6) is -0.365. The number of nitrogens with one attached hydrogen (secondary N) is 1. The molecule has 0 heterocycles. The van der Waals surface area contributed by atoms with Crippen LogP contribution in [0.15, 0.2) is 46.7 Å². The molecule has 2 aromatic carbocycles. The van der Waals surface area contributed by atoms with Gasteiger partial charge in [0.2, 0.25) is 0 Å². The van der Waals surface area contributed by atoms with Crippen molar-refractivity contribution < 1.29 is 14.5 Å². The van der Waals surface area contributed by atoms with Crippen LogP contribution in [0, 0.1) is 6.92 Å². The molecular weight excluding hydrogens is 401 g/mol. The Balaban J connectivity index is 2.32. The van der Waals surface area contributed by atoms with Crippen molar-refractivity contribution in [2.24, 2.45) is 10.3 Å². The van der Waals surface area contributed by atoms with E-state index in [1.165, 1.54) is 14.2 Å². The predicted molar refractivity (Wildman–Crippen MR) is 112 cm³/mol. The van der Waals surface area contributed by atoms with E-state index >= 15 is 0 Å².